The lowest BCUT2D eigenvalue weighted by molar-refractivity contribution is -0.119. The van der Waals surface area contributed by atoms with E-state index >= 15 is 0 Å². The van der Waals surface area contributed by atoms with E-state index in [-0.39, 0.29) is 12.6 Å². The van der Waals surface area contributed by atoms with Gasteiger partial charge in [0, 0.05) is 20.1 Å². The molecule has 23 heavy (non-hydrogen) atoms. The lowest BCUT2D eigenvalue weighted by atomic mass is 9.91. The fourth-order valence-corrected chi connectivity index (χ4v) is 2.80. The second-order valence-electron chi connectivity index (χ2n) is 5.74. The molecule has 0 radical (unpaired) electrons. The molecule has 1 fully saturated rings. The van der Waals surface area contributed by atoms with Crippen LogP contribution in [0.3, 0.4) is 0 Å². The highest BCUT2D eigenvalue weighted by molar-refractivity contribution is 5.72. The number of carbonyl (C=O) groups excluding carboxylic acids is 1. The Bertz CT molecular complexity index is 724. The summed E-state index contributed by atoms with van der Waals surface area (Å²) in [5, 5.41) is 2.59. The summed E-state index contributed by atoms with van der Waals surface area (Å²) >= 11 is 0. The number of amides is 1. The Morgan fingerprint density at radius 1 is 1.26 bits per heavy atom. The summed E-state index contributed by atoms with van der Waals surface area (Å²) in [5.41, 5.74) is 2.18. The molecular formula is C17H20N2O4. The van der Waals surface area contributed by atoms with Gasteiger partial charge in [0.15, 0.2) is 0 Å². The monoisotopic (exact) mass is 316 g/mol. The van der Waals surface area contributed by atoms with Crippen LogP contribution in [0.2, 0.25) is 0 Å². The maximum Gasteiger partial charge on any atom is 0.365 e. The van der Waals surface area contributed by atoms with E-state index in [4.69, 9.17) is 9.26 Å². The Balaban J connectivity index is 1.76. The van der Waals surface area contributed by atoms with E-state index in [1.54, 1.807) is 6.20 Å². The van der Waals surface area contributed by atoms with E-state index in [2.05, 4.69) is 17.4 Å². The van der Waals surface area contributed by atoms with Crippen LogP contribution in [0.25, 0.3) is 11.1 Å². The molecular weight excluding hydrogens is 296 g/mol. The normalized spacial score (nSPS) is 15.5. The average molecular weight is 316 g/mol. The predicted octanol–water partition coefficient (Wildman–Crippen LogP) is 2.10. The summed E-state index contributed by atoms with van der Waals surface area (Å²) in [5.74, 6) is 0.349. The summed E-state index contributed by atoms with van der Waals surface area (Å²) in [4.78, 5) is 22.9. The topological polar surface area (TPSA) is 73.5 Å². The molecule has 122 valence electrons. The Morgan fingerprint density at radius 3 is 2.61 bits per heavy atom. The minimum Gasteiger partial charge on any atom is -0.381 e. The highest BCUT2D eigenvalue weighted by Gasteiger charge is 2.16. The van der Waals surface area contributed by atoms with Crippen LogP contribution in [0, 0.1) is 0 Å². The van der Waals surface area contributed by atoms with Gasteiger partial charge in [-0.05, 0) is 29.9 Å². The maximum absolute atomic E-state index is 12.0. The van der Waals surface area contributed by atoms with Gasteiger partial charge in [-0.1, -0.05) is 24.3 Å². The molecule has 0 atom stereocenters. The smallest absolute Gasteiger partial charge is 0.365 e. The highest BCUT2D eigenvalue weighted by atomic mass is 16.5. The first-order valence-electron chi connectivity index (χ1n) is 7.77. The van der Waals surface area contributed by atoms with Gasteiger partial charge < -0.3 is 14.6 Å². The quantitative estimate of drug-likeness (QED) is 0.937. The first-order chi connectivity index (χ1) is 11.1. The van der Waals surface area contributed by atoms with Gasteiger partial charge in [-0.15, -0.1) is 0 Å². The van der Waals surface area contributed by atoms with Crippen LogP contribution in [-0.4, -0.2) is 23.9 Å². The van der Waals surface area contributed by atoms with Crippen molar-refractivity contribution in [1.82, 2.24) is 10.1 Å². The van der Waals surface area contributed by atoms with Crippen molar-refractivity contribution in [3.05, 3.63) is 46.4 Å². The van der Waals surface area contributed by atoms with E-state index < -0.39 is 5.63 Å². The molecule has 3 rings (SSSR count). The Hall–Kier alpha value is -2.34. The number of ether oxygens (including phenoxy) is 1. The molecule has 0 aliphatic carbocycles. The van der Waals surface area contributed by atoms with Crippen LogP contribution in [0.1, 0.15) is 31.2 Å². The Morgan fingerprint density at radius 2 is 1.96 bits per heavy atom. The van der Waals surface area contributed by atoms with Gasteiger partial charge in [0.2, 0.25) is 5.91 Å². The van der Waals surface area contributed by atoms with Crippen molar-refractivity contribution in [3.63, 3.8) is 0 Å². The standard InChI is InChI=1S/C17H20N2O4/c1-12(20)18-11-19-10-16(17(21)23-19)15-4-2-13(3-5-15)14-6-8-22-9-7-14/h2-5,10,14H,6-9,11H2,1H3,(H,18,20). The van der Waals surface area contributed by atoms with E-state index in [0.717, 1.165) is 31.6 Å². The third-order valence-corrected chi connectivity index (χ3v) is 4.09. The lowest BCUT2D eigenvalue weighted by Gasteiger charge is -2.22. The Labute approximate surface area is 134 Å². The minimum atomic E-state index is -0.408. The van der Waals surface area contributed by atoms with Gasteiger partial charge in [-0.2, -0.15) is 4.74 Å². The maximum atomic E-state index is 12.0. The van der Waals surface area contributed by atoms with Gasteiger partial charge in [0.1, 0.15) is 6.67 Å². The third kappa shape index (κ3) is 3.71. The van der Waals surface area contributed by atoms with Gasteiger partial charge in [-0.25, -0.2) is 4.79 Å². The van der Waals surface area contributed by atoms with E-state index in [1.165, 1.54) is 17.2 Å². The van der Waals surface area contributed by atoms with Gasteiger partial charge in [-0.3, -0.25) is 4.79 Å². The molecule has 1 aromatic carbocycles. The van der Waals surface area contributed by atoms with Crippen molar-refractivity contribution in [2.45, 2.75) is 32.4 Å². The molecule has 1 N–H and O–H groups in total. The third-order valence-electron chi connectivity index (χ3n) is 4.09. The summed E-state index contributed by atoms with van der Waals surface area (Å²) in [6.45, 7) is 3.17. The van der Waals surface area contributed by atoms with Crippen molar-refractivity contribution < 1.29 is 14.1 Å². The van der Waals surface area contributed by atoms with Crippen molar-refractivity contribution >= 4 is 5.91 Å². The number of nitrogens with zero attached hydrogens (tertiary/aromatic N) is 1. The summed E-state index contributed by atoms with van der Waals surface area (Å²) < 4.78 is 11.8. The molecule has 1 aliphatic heterocycles. The molecule has 2 heterocycles. The predicted molar refractivity (Wildman–Crippen MR) is 85.0 cm³/mol. The van der Waals surface area contributed by atoms with Crippen molar-refractivity contribution in [2.75, 3.05) is 13.2 Å². The number of nitrogens with one attached hydrogen (secondary N) is 1. The number of aromatic nitrogens is 1. The summed E-state index contributed by atoms with van der Waals surface area (Å²) in [7, 11) is 0. The molecule has 0 spiro atoms. The number of hydrogen-bond acceptors (Lipinski definition) is 4. The second-order valence-corrected chi connectivity index (χ2v) is 5.74. The largest absolute Gasteiger partial charge is 0.381 e. The van der Waals surface area contributed by atoms with Crippen LogP contribution in [0.5, 0.6) is 0 Å². The van der Waals surface area contributed by atoms with Crippen LogP contribution in [0.4, 0.5) is 0 Å². The first kappa shape index (κ1) is 15.6. The minimum absolute atomic E-state index is 0.144. The average Bonchev–Trinajstić information content (AvgIpc) is 2.95. The lowest BCUT2D eigenvalue weighted by Crippen LogP contribution is -2.22. The molecule has 0 unspecified atom stereocenters. The highest BCUT2D eigenvalue weighted by Crippen LogP contribution is 2.28. The van der Waals surface area contributed by atoms with Crippen LogP contribution in [0.15, 0.2) is 39.8 Å². The fourth-order valence-electron chi connectivity index (χ4n) is 2.80. The van der Waals surface area contributed by atoms with Crippen molar-refractivity contribution in [1.29, 1.82) is 0 Å². The molecule has 1 amide bonds. The van der Waals surface area contributed by atoms with Gasteiger partial charge >= 0.3 is 5.63 Å². The van der Waals surface area contributed by atoms with Crippen molar-refractivity contribution in [3.8, 4) is 11.1 Å². The molecule has 1 aromatic heterocycles. The van der Waals surface area contributed by atoms with E-state index in [1.807, 2.05) is 12.1 Å². The number of rotatable bonds is 4. The molecule has 6 heteroatoms. The van der Waals surface area contributed by atoms with Crippen LogP contribution >= 0.6 is 0 Å². The number of benzene rings is 1. The zero-order chi connectivity index (χ0) is 16.2. The molecule has 2 aromatic rings. The molecule has 1 saturated heterocycles. The second kappa shape index (κ2) is 6.83. The van der Waals surface area contributed by atoms with E-state index in [9.17, 15) is 9.59 Å². The van der Waals surface area contributed by atoms with Crippen LogP contribution < -0.4 is 10.9 Å². The zero-order valence-electron chi connectivity index (χ0n) is 13.1. The van der Waals surface area contributed by atoms with Crippen molar-refractivity contribution in [2.24, 2.45) is 0 Å². The molecule has 0 bridgehead atoms. The Kier molecular flexibility index (Phi) is 4.62. The molecule has 1 aliphatic rings. The summed E-state index contributed by atoms with van der Waals surface area (Å²) in [6.07, 6.45) is 3.69. The summed E-state index contributed by atoms with van der Waals surface area (Å²) in [6, 6.07) is 8.02. The van der Waals surface area contributed by atoms with Gasteiger partial charge in [0.05, 0.1) is 11.8 Å². The van der Waals surface area contributed by atoms with E-state index in [0.29, 0.717) is 11.5 Å². The fraction of sp³-hybridized carbons (Fsp3) is 0.412. The number of hydrogen-bond donors (Lipinski definition) is 1. The first-order valence-corrected chi connectivity index (χ1v) is 7.77. The van der Waals surface area contributed by atoms with Gasteiger partial charge in [0.25, 0.3) is 0 Å². The SMILES string of the molecule is CC(=O)NCn1cc(-c2ccc(C3CCOCC3)cc2)c(=O)o1. The van der Waals surface area contributed by atoms with Crippen LogP contribution in [-0.2, 0) is 16.2 Å². The number of carbonyl (C=O) groups is 1. The molecule has 0 saturated carbocycles. The molecule has 6 nitrogen and oxygen atoms in total. The zero-order valence-corrected chi connectivity index (χ0v) is 13.1.